The monoisotopic (exact) mass is 188 g/mol. The summed E-state index contributed by atoms with van der Waals surface area (Å²) < 4.78 is 0. The van der Waals surface area contributed by atoms with Crippen molar-refractivity contribution < 1.29 is 0 Å². The van der Waals surface area contributed by atoms with Crippen LogP contribution in [0.2, 0.25) is 0 Å². The lowest BCUT2D eigenvalue weighted by molar-refractivity contribution is 0.516. The average molecular weight is 188 g/mol. The standard InChI is InChI=1S/C10H8N2S/c13-8-11-9-4-3-7-12-6-2-1-5-10(9)12/h1-6H,7H2. The van der Waals surface area contributed by atoms with Gasteiger partial charge in [0.1, 0.15) is 0 Å². The minimum absolute atomic E-state index is 0.877. The molecule has 64 valence electrons. The summed E-state index contributed by atoms with van der Waals surface area (Å²) in [4.78, 5) is 6.12. The Morgan fingerprint density at radius 3 is 3.15 bits per heavy atom. The molecule has 0 amide bonds. The van der Waals surface area contributed by atoms with E-state index in [0.717, 1.165) is 17.9 Å². The van der Waals surface area contributed by atoms with Crippen LogP contribution in [0.15, 0.2) is 53.0 Å². The Labute approximate surface area is 82.3 Å². The fourth-order valence-electron chi connectivity index (χ4n) is 1.38. The number of fused-ring (bicyclic) bond motifs is 1. The van der Waals surface area contributed by atoms with Gasteiger partial charge >= 0.3 is 0 Å². The number of nitrogens with zero attached hydrogens (tertiary/aromatic N) is 2. The maximum absolute atomic E-state index is 4.58. The van der Waals surface area contributed by atoms with Gasteiger partial charge < -0.3 is 4.90 Å². The predicted octanol–water partition coefficient (Wildman–Crippen LogP) is 2.26. The first-order valence-electron chi connectivity index (χ1n) is 4.02. The summed E-state index contributed by atoms with van der Waals surface area (Å²) in [7, 11) is 0. The van der Waals surface area contributed by atoms with Gasteiger partial charge in [-0.3, -0.25) is 0 Å². The summed E-state index contributed by atoms with van der Waals surface area (Å²) in [5, 5.41) is 2.39. The quantitative estimate of drug-likeness (QED) is 0.463. The zero-order valence-corrected chi connectivity index (χ0v) is 7.79. The van der Waals surface area contributed by atoms with Crippen LogP contribution in [0.1, 0.15) is 0 Å². The van der Waals surface area contributed by atoms with Gasteiger partial charge in [-0.25, -0.2) is 0 Å². The summed E-state index contributed by atoms with van der Waals surface area (Å²) in [6, 6.07) is 0. The smallest absolute Gasteiger partial charge is 0.0973 e. The normalized spacial score (nSPS) is 18.6. The van der Waals surface area contributed by atoms with Crippen LogP contribution in [0.5, 0.6) is 0 Å². The second-order valence-corrected chi connectivity index (χ2v) is 2.91. The maximum Gasteiger partial charge on any atom is 0.0973 e. The molecule has 13 heavy (non-hydrogen) atoms. The number of hydrogen-bond acceptors (Lipinski definition) is 3. The van der Waals surface area contributed by atoms with Crippen LogP contribution in [0.4, 0.5) is 0 Å². The van der Waals surface area contributed by atoms with Gasteiger partial charge in [0.15, 0.2) is 0 Å². The molecule has 0 unspecified atom stereocenters. The first kappa shape index (κ1) is 8.17. The Bertz CT molecular complexity index is 382. The Hall–Kier alpha value is -1.44. The van der Waals surface area contributed by atoms with Crippen LogP contribution in [0.25, 0.3) is 0 Å². The number of rotatable bonds is 1. The topological polar surface area (TPSA) is 15.6 Å². The van der Waals surface area contributed by atoms with Crippen LogP contribution < -0.4 is 0 Å². The molecule has 0 aromatic heterocycles. The number of thiocarbonyl (C=S) groups is 1. The molecule has 2 aliphatic rings. The van der Waals surface area contributed by atoms with Crippen molar-refractivity contribution in [1.29, 1.82) is 0 Å². The molecule has 0 aromatic carbocycles. The molecule has 0 spiro atoms. The van der Waals surface area contributed by atoms with Gasteiger partial charge in [-0.15, -0.1) is 0 Å². The second kappa shape index (κ2) is 3.52. The highest BCUT2D eigenvalue weighted by Crippen LogP contribution is 2.21. The third kappa shape index (κ3) is 1.52. The van der Waals surface area contributed by atoms with Gasteiger partial charge in [0.05, 0.1) is 16.6 Å². The van der Waals surface area contributed by atoms with E-state index >= 15 is 0 Å². The van der Waals surface area contributed by atoms with Crippen LogP contribution in [0, 0.1) is 0 Å². The van der Waals surface area contributed by atoms with Crippen molar-refractivity contribution in [1.82, 2.24) is 4.90 Å². The highest BCUT2D eigenvalue weighted by molar-refractivity contribution is 7.78. The van der Waals surface area contributed by atoms with Crippen molar-refractivity contribution in [3.8, 4) is 0 Å². The van der Waals surface area contributed by atoms with Gasteiger partial charge in [-0.1, -0.05) is 12.2 Å². The molecule has 0 saturated heterocycles. The Balaban J connectivity index is 2.46. The molecule has 0 saturated carbocycles. The third-order valence-corrected chi connectivity index (χ3v) is 2.04. The molecule has 2 heterocycles. The second-order valence-electron chi connectivity index (χ2n) is 2.73. The summed E-state index contributed by atoms with van der Waals surface area (Å²) in [6.07, 6.45) is 12.1. The highest BCUT2D eigenvalue weighted by Gasteiger charge is 2.12. The number of aliphatic imine (C=N–C) groups is 1. The highest BCUT2D eigenvalue weighted by atomic mass is 32.1. The van der Waals surface area contributed by atoms with Crippen molar-refractivity contribution in [2.45, 2.75) is 0 Å². The van der Waals surface area contributed by atoms with Gasteiger partial charge in [0, 0.05) is 12.7 Å². The summed E-state index contributed by atoms with van der Waals surface area (Å²) in [5.74, 6) is 0. The number of isothiocyanates is 1. The van der Waals surface area contributed by atoms with E-state index in [-0.39, 0.29) is 0 Å². The van der Waals surface area contributed by atoms with Gasteiger partial charge in [-0.05, 0) is 30.4 Å². The first-order chi connectivity index (χ1) is 6.42. The Kier molecular flexibility index (Phi) is 2.21. The van der Waals surface area contributed by atoms with E-state index in [4.69, 9.17) is 0 Å². The number of allylic oxidation sites excluding steroid dienone is 4. The molecule has 0 bridgehead atoms. The van der Waals surface area contributed by atoms with Crippen molar-refractivity contribution >= 4 is 17.4 Å². The van der Waals surface area contributed by atoms with Crippen LogP contribution in [-0.4, -0.2) is 16.6 Å². The van der Waals surface area contributed by atoms with Crippen LogP contribution in [-0.2, 0) is 0 Å². The number of hydrogen-bond donors (Lipinski definition) is 0. The SMILES string of the molecule is S=C=NC1=C2C=CC=CN2CC=C1. The van der Waals surface area contributed by atoms with E-state index < -0.39 is 0 Å². The Morgan fingerprint density at radius 2 is 2.31 bits per heavy atom. The maximum atomic E-state index is 4.58. The molecule has 0 radical (unpaired) electrons. The van der Waals surface area contributed by atoms with Crippen molar-refractivity contribution in [3.63, 3.8) is 0 Å². The lowest BCUT2D eigenvalue weighted by Crippen LogP contribution is -2.20. The molecule has 0 N–H and O–H groups in total. The average Bonchev–Trinajstić information content (AvgIpc) is 2.19. The first-order valence-corrected chi connectivity index (χ1v) is 4.43. The third-order valence-electron chi connectivity index (χ3n) is 1.95. The molecule has 2 aliphatic heterocycles. The Morgan fingerprint density at radius 1 is 1.38 bits per heavy atom. The molecule has 0 atom stereocenters. The van der Waals surface area contributed by atoms with E-state index in [1.54, 1.807) is 0 Å². The van der Waals surface area contributed by atoms with Crippen molar-refractivity contribution in [2.75, 3.05) is 6.54 Å². The summed E-state index contributed by atoms with van der Waals surface area (Å²) >= 11 is 4.58. The molecule has 2 rings (SSSR count). The van der Waals surface area contributed by atoms with Crippen LogP contribution in [0.3, 0.4) is 0 Å². The minimum atomic E-state index is 0.877. The molecule has 2 nitrogen and oxygen atoms in total. The zero-order valence-electron chi connectivity index (χ0n) is 6.97. The molecular weight excluding hydrogens is 180 g/mol. The van der Waals surface area contributed by atoms with Crippen molar-refractivity contribution in [3.05, 3.63) is 48.0 Å². The molecule has 0 aromatic rings. The lowest BCUT2D eigenvalue weighted by atomic mass is 10.1. The van der Waals surface area contributed by atoms with Crippen molar-refractivity contribution in [2.24, 2.45) is 4.99 Å². The van der Waals surface area contributed by atoms with Gasteiger partial charge in [-0.2, -0.15) is 4.99 Å². The van der Waals surface area contributed by atoms with E-state index in [2.05, 4.69) is 33.3 Å². The molecule has 3 heteroatoms. The minimum Gasteiger partial charge on any atom is -0.342 e. The largest absolute Gasteiger partial charge is 0.342 e. The lowest BCUT2D eigenvalue weighted by Gasteiger charge is -2.25. The molecule has 0 aliphatic carbocycles. The fourth-order valence-corrected chi connectivity index (χ4v) is 1.47. The van der Waals surface area contributed by atoms with E-state index in [1.165, 1.54) is 0 Å². The molecule has 0 fully saturated rings. The molecular formula is C10H8N2S. The fraction of sp³-hybridized carbons (Fsp3) is 0.100. The summed E-state index contributed by atoms with van der Waals surface area (Å²) in [5.41, 5.74) is 1.96. The zero-order chi connectivity index (χ0) is 9.10. The van der Waals surface area contributed by atoms with Gasteiger partial charge in [0.2, 0.25) is 0 Å². The van der Waals surface area contributed by atoms with Gasteiger partial charge in [0.25, 0.3) is 0 Å². The van der Waals surface area contributed by atoms with Crippen LogP contribution >= 0.6 is 12.2 Å². The van der Waals surface area contributed by atoms with E-state index in [9.17, 15) is 0 Å². The van der Waals surface area contributed by atoms with E-state index in [1.807, 2.05) is 30.5 Å². The van der Waals surface area contributed by atoms with E-state index in [0.29, 0.717) is 0 Å². The predicted molar refractivity (Wildman–Crippen MR) is 56.2 cm³/mol. The summed E-state index contributed by atoms with van der Waals surface area (Å²) in [6.45, 7) is 0.895.